The van der Waals surface area contributed by atoms with Gasteiger partial charge in [-0.25, -0.2) is 0 Å². The quantitative estimate of drug-likeness (QED) is 0.368. The zero-order valence-electron chi connectivity index (χ0n) is 11.3. The van der Waals surface area contributed by atoms with Crippen LogP contribution in [0.3, 0.4) is 0 Å². The maximum absolute atomic E-state index is 8.79. The van der Waals surface area contributed by atoms with Crippen molar-refractivity contribution < 1.29 is 0 Å². The lowest BCUT2D eigenvalue weighted by atomic mass is 10.1. The molecule has 1 rings (SSSR count). The second-order valence-corrected chi connectivity index (χ2v) is 4.39. The Bertz CT molecular complexity index is 539. The summed E-state index contributed by atoms with van der Waals surface area (Å²) in [5, 5.41) is 23.1. The zero-order chi connectivity index (χ0) is 14.4. The monoisotopic (exact) mass is 258 g/mol. The fourth-order valence-corrected chi connectivity index (χ4v) is 1.50. The normalized spacial score (nSPS) is 11.0. The Morgan fingerprint density at radius 1 is 1.47 bits per heavy atom. The smallest absolute Gasteiger partial charge is 0.201 e. The van der Waals surface area contributed by atoms with Crippen LogP contribution in [0.25, 0.3) is 0 Å². The van der Waals surface area contributed by atoms with E-state index < -0.39 is 0 Å². The standard InChI is InChI=1S/C13H18N6/c1-8(2)17-12-9(3)5-4-6-10(12)18-19-11(7-14)13(15)16/h4-6,8,17-18H,1-3H3,(H3,15,16)/b19-11+. The average Bonchev–Trinajstić information content (AvgIpc) is 2.33. The number of benzene rings is 1. The molecular formula is C13H18N6. The highest BCUT2D eigenvalue weighted by Gasteiger charge is 2.07. The molecular weight excluding hydrogens is 240 g/mol. The predicted octanol–water partition coefficient (Wildman–Crippen LogP) is 2.04. The van der Waals surface area contributed by atoms with Gasteiger partial charge in [0.25, 0.3) is 0 Å². The van der Waals surface area contributed by atoms with Crippen molar-refractivity contribution >= 4 is 22.9 Å². The van der Waals surface area contributed by atoms with E-state index in [0.717, 1.165) is 16.9 Å². The molecule has 0 aliphatic carbocycles. The zero-order valence-corrected chi connectivity index (χ0v) is 11.3. The highest BCUT2D eigenvalue weighted by Crippen LogP contribution is 2.26. The molecule has 0 aromatic heterocycles. The molecule has 1 aromatic carbocycles. The van der Waals surface area contributed by atoms with Crippen molar-refractivity contribution in [1.82, 2.24) is 0 Å². The molecule has 0 saturated carbocycles. The van der Waals surface area contributed by atoms with Crippen molar-refractivity contribution in [2.45, 2.75) is 26.8 Å². The molecule has 19 heavy (non-hydrogen) atoms. The maximum atomic E-state index is 8.79. The predicted molar refractivity (Wildman–Crippen MR) is 78.5 cm³/mol. The molecule has 0 unspecified atom stereocenters. The molecule has 0 saturated heterocycles. The van der Waals surface area contributed by atoms with Gasteiger partial charge in [-0.3, -0.25) is 10.8 Å². The molecule has 0 aliphatic heterocycles. The molecule has 0 radical (unpaired) electrons. The molecule has 5 N–H and O–H groups in total. The summed E-state index contributed by atoms with van der Waals surface area (Å²) in [5.74, 6) is -0.360. The summed E-state index contributed by atoms with van der Waals surface area (Å²) in [4.78, 5) is 0. The van der Waals surface area contributed by atoms with Crippen LogP contribution in [0, 0.1) is 23.7 Å². The first-order valence-electron chi connectivity index (χ1n) is 5.90. The van der Waals surface area contributed by atoms with E-state index in [9.17, 15) is 0 Å². The Morgan fingerprint density at radius 3 is 2.68 bits per heavy atom. The Hall–Kier alpha value is -2.55. The van der Waals surface area contributed by atoms with Crippen LogP contribution >= 0.6 is 0 Å². The lowest BCUT2D eigenvalue weighted by Crippen LogP contribution is -2.22. The number of nitrogens with two attached hydrogens (primary N) is 1. The number of nitrogens with one attached hydrogen (secondary N) is 3. The molecule has 0 bridgehead atoms. The Morgan fingerprint density at radius 2 is 2.16 bits per heavy atom. The first-order valence-corrected chi connectivity index (χ1v) is 5.90. The van der Waals surface area contributed by atoms with Gasteiger partial charge < -0.3 is 11.1 Å². The van der Waals surface area contributed by atoms with Crippen LogP contribution < -0.4 is 16.5 Å². The second-order valence-electron chi connectivity index (χ2n) is 4.39. The minimum atomic E-state index is -0.360. The van der Waals surface area contributed by atoms with Crippen LogP contribution in [0.4, 0.5) is 11.4 Å². The largest absolute Gasteiger partial charge is 0.382 e. The lowest BCUT2D eigenvalue weighted by molar-refractivity contribution is 0.897. The van der Waals surface area contributed by atoms with Crippen LogP contribution in [-0.2, 0) is 0 Å². The number of anilines is 2. The third-order valence-electron chi connectivity index (χ3n) is 2.35. The fourth-order valence-electron chi connectivity index (χ4n) is 1.50. The minimum Gasteiger partial charge on any atom is -0.382 e. The summed E-state index contributed by atoms with van der Waals surface area (Å²) >= 11 is 0. The number of hydrazone groups is 1. The molecule has 0 amide bonds. The summed E-state index contributed by atoms with van der Waals surface area (Å²) in [7, 11) is 0. The van der Waals surface area contributed by atoms with E-state index in [1.807, 2.05) is 39.0 Å². The summed E-state index contributed by atoms with van der Waals surface area (Å²) in [5.41, 5.74) is 10.6. The summed E-state index contributed by atoms with van der Waals surface area (Å²) in [6, 6.07) is 7.75. The van der Waals surface area contributed by atoms with Crippen LogP contribution in [0.5, 0.6) is 0 Å². The lowest BCUT2D eigenvalue weighted by Gasteiger charge is -2.16. The van der Waals surface area contributed by atoms with E-state index in [0.29, 0.717) is 0 Å². The number of hydrogen-bond donors (Lipinski definition) is 4. The van der Waals surface area contributed by atoms with Crippen molar-refractivity contribution in [1.29, 1.82) is 10.7 Å². The van der Waals surface area contributed by atoms with Gasteiger partial charge in [0.05, 0.1) is 11.4 Å². The number of nitriles is 1. The van der Waals surface area contributed by atoms with Crippen molar-refractivity contribution in [3.05, 3.63) is 23.8 Å². The second kappa shape index (κ2) is 6.40. The summed E-state index contributed by atoms with van der Waals surface area (Å²) in [6.07, 6.45) is 0. The van der Waals surface area contributed by atoms with Gasteiger partial charge in [0.15, 0.2) is 5.84 Å². The number of nitrogens with zero attached hydrogens (tertiary/aromatic N) is 2. The number of para-hydroxylation sites is 1. The van der Waals surface area contributed by atoms with Crippen molar-refractivity contribution in [3.63, 3.8) is 0 Å². The highest BCUT2D eigenvalue weighted by atomic mass is 15.3. The third-order valence-corrected chi connectivity index (χ3v) is 2.35. The summed E-state index contributed by atoms with van der Waals surface area (Å²) < 4.78 is 0. The molecule has 6 heteroatoms. The maximum Gasteiger partial charge on any atom is 0.201 e. The van der Waals surface area contributed by atoms with Gasteiger partial charge in [-0.05, 0) is 32.4 Å². The van der Waals surface area contributed by atoms with E-state index in [1.54, 1.807) is 6.07 Å². The number of hydrogen-bond acceptors (Lipinski definition) is 5. The Kier molecular flexibility index (Phi) is 4.89. The van der Waals surface area contributed by atoms with Crippen LogP contribution in [0.15, 0.2) is 23.3 Å². The van der Waals surface area contributed by atoms with E-state index in [1.165, 1.54) is 0 Å². The highest BCUT2D eigenvalue weighted by molar-refractivity contribution is 6.45. The SMILES string of the molecule is Cc1cccc(N/N=C(\C#N)C(=N)N)c1NC(C)C. The number of rotatable bonds is 5. The van der Waals surface area contributed by atoms with Crippen molar-refractivity contribution in [2.24, 2.45) is 10.8 Å². The number of aryl methyl sites for hydroxylation is 1. The van der Waals surface area contributed by atoms with E-state index >= 15 is 0 Å². The topological polar surface area (TPSA) is 110 Å². The molecule has 0 aliphatic rings. The van der Waals surface area contributed by atoms with Gasteiger partial charge in [-0.2, -0.15) is 10.4 Å². The molecule has 100 valence electrons. The van der Waals surface area contributed by atoms with Gasteiger partial charge in [-0.1, -0.05) is 12.1 Å². The van der Waals surface area contributed by atoms with Crippen molar-refractivity contribution in [3.8, 4) is 6.07 Å². The Balaban J connectivity index is 3.05. The first-order chi connectivity index (χ1) is 8.95. The van der Waals surface area contributed by atoms with E-state index in [2.05, 4.69) is 15.8 Å². The average molecular weight is 258 g/mol. The summed E-state index contributed by atoms with van der Waals surface area (Å²) in [6.45, 7) is 6.06. The third kappa shape index (κ3) is 4.00. The van der Waals surface area contributed by atoms with Gasteiger partial charge in [0, 0.05) is 6.04 Å². The molecule has 6 nitrogen and oxygen atoms in total. The molecule has 0 spiro atoms. The fraction of sp³-hybridized carbons (Fsp3) is 0.308. The molecule has 1 aromatic rings. The van der Waals surface area contributed by atoms with E-state index in [-0.39, 0.29) is 17.6 Å². The molecule has 0 fully saturated rings. The van der Waals surface area contributed by atoms with Gasteiger partial charge >= 0.3 is 0 Å². The van der Waals surface area contributed by atoms with Crippen LogP contribution in [0.1, 0.15) is 19.4 Å². The molecule has 0 heterocycles. The van der Waals surface area contributed by atoms with Crippen LogP contribution in [0.2, 0.25) is 0 Å². The Labute approximate surface area is 112 Å². The molecule has 0 atom stereocenters. The number of amidine groups is 1. The first kappa shape index (κ1) is 14.5. The van der Waals surface area contributed by atoms with Gasteiger partial charge in [0.2, 0.25) is 5.71 Å². The van der Waals surface area contributed by atoms with Crippen LogP contribution in [-0.4, -0.2) is 17.6 Å². The van der Waals surface area contributed by atoms with Gasteiger partial charge in [-0.15, -0.1) is 0 Å². The minimum absolute atomic E-state index is 0.142. The van der Waals surface area contributed by atoms with E-state index in [4.69, 9.17) is 16.4 Å². The van der Waals surface area contributed by atoms with Crippen molar-refractivity contribution in [2.75, 3.05) is 10.7 Å². The van der Waals surface area contributed by atoms with Gasteiger partial charge in [0.1, 0.15) is 6.07 Å².